The monoisotopic (exact) mass is 398 g/mol. The second-order valence-electron chi connectivity index (χ2n) is 7.87. The molecule has 0 bridgehead atoms. The van der Waals surface area contributed by atoms with Gasteiger partial charge in [-0.05, 0) is 30.7 Å². The molecule has 6 heteroatoms. The molecule has 2 aromatic rings. The number of fused-ring (bicyclic) bond motifs is 3. The summed E-state index contributed by atoms with van der Waals surface area (Å²) in [4.78, 5) is 21.7. The van der Waals surface area contributed by atoms with Crippen LogP contribution < -0.4 is 0 Å². The summed E-state index contributed by atoms with van der Waals surface area (Å²) in [7, 11) is 0. The third-order valence-electron chi connectivity index (χ3n) is 5.53. The molecule has 1 atom stereocenters. The van der Waals surface area contributed by atoms with Gasteiger partial charge in [-0.25, -0.2) is 4.79 Å². The molecule has 1 unspecified atom stereocenters. The maximum absolute atomic E-state index is 12.8. The molecular weight excluding hydrogens is 372 g/mol. The lowest BCUT2D eigenvalue weighted by Crippen LogP contribution is -2.54. The van der Waals surface area contributed by atoms with E-state index in [1.54, 1.807) is 0 Å². The van der Waals surface area contributed by atoms with Gasteiger partial charge in [-0.2, -0.15) is 0 Å². The van der Waals surface area contributed by atoms with Crippen LogP contribution in [0.25, 0.3) is 10.8 Å². The molecule has 5 nitrogen and oxygen atoms in total. The van der Waals surface area contributed by atoms with Gasteiger partial charge in [0.2, 0.25) is 0 Å². The molecule has 0 aromatic heterocycles. The van der Waals surface area contributed by atoms with Crippen molar-refractivity contribution in [2.24, 2.45) is 5.16 Å². The minimum absolute atomic E-state index is 0.324. The van der Waals surface area contributed by atoms with Crippen LogP contribution in [0.3, 0.4) is 0 Å². The summed E-state index contributed by atoms with van der Waals surface area (Å²) in [5.74, 6) is -0.324. The number of hydrogen-bond donors (Lipinski definition) is 0. The molecule has 0 saturated carbocycles. The zero-order valence-electron chi connectivity index (χ0n) is 16.6. The van der Waals surface area contributed by atoms with E-state index in [9.17, 15) is 4.79 Å². The summed E-state index contributed by atoms with van der Waals surface area (Å²) in [6, 6.07) is 12.6. The average Bonchev–Trinajstić information content (AvgIpc) is 2.71. The van der Waals surface area contributed by atoms with Gasteiger partial charge < -0.3 is 9.57 Å². The van der Waals surface area contributed by atoms with E-state index in [1.807, 2.05) is 37.7 Å². The molecule has 4 rings (SSSR count). The molecule has 2 heterocycles. The fourth-order valence-electron chi connectivity index (χ4n) is 3.82. The molecule has 2 aliphatic heterocycles. The van der Waals surface area contributed by atoms with Crippen LogP contribution in [-0.4, -0.2) is 53.7 Å². The zero-order chi connectivity index (χ0) is 19.7. The normalized spacial score (nSPS) is 22.2. The molecule has 0 amide bonds. The van der Waals surface area contributed by atoms with Gasteiger partial charge in [0.15, 0.2) is 0 Å². The summed E-state index contributed by atoms with van der Waals surface area (Å²) >= 11 is 1.85. The van der Waals surface area contributed by atoms with E-state index in [4.69, 9.17) is 9.57 Å². The average molecular weight is 399 g/mol. The van der Waals surface area contributed by atoms with Gasteiger partial charge in [-0.15, -0.1) is 11.8 Å². The Bertz CT molecular complexity index is 919. The maximum atomic E-state index is 12.8. The lowest BCUT2D eigenvalue weighted by atomic mass is 9.98. The molecule has 1 saturated heterocycles. The summed E-state index contributed by atoms with van der Waals surface area (Å²) in [6.07, 6.45) is 0.775. The van der Waals surface area contributed by atoms with Crippen molar-refractivity contribution in [3.63, 3.8) is 0 Å². The van der Waals surface area contributed by atoms with Crippen LogP contribution in [-0.2, 0) is 14.4 Å². The van der Waals surface area contributed by atoms with E-state index in [2.05, 4.69) is 41.2 Å². The van der Waals surface area contributed by atoms with Crippen LogP contribution in [0.15, 0.2) is 46.4 Å². The van der Waals surface area contributed by atoms with Crippen LogP contribution in [0.1, 0.15) is 32.8 Å². The molecule has 1 fully saturated rings. The van der Waals surface area contributed by atoms with Crippen molar-refractivity contribution >= 4 is 34.2 Å². The molecule has 148 valence electrons. The first-order chi connectivity index (χ1) is 13.5. The Morgan fingerprint density at radius 1 is 1.21 bits per heavy atom. The van der Waals surface area contributed by atoms with Crippen molar-refractivity contribution in [1.29, 1.82) is 0 Å². The molecular formula is C22H26N2O3S. The number of carbonyl (C=O) groups excluding carboxylic acids is 1. The molecule has 0 aliphatic carbocycles. The Kier molecular flexibility index (Phi) is 5.45. The largest absolute Gasteiger partial charge is 0.379 e. The molecule has 2 aliphatic rings. The fourth-order valence-corrected chi connectivity index (χ4v) is 4.99. The Morgan fingerprint density at radius 2 is 1.96 bits per heavy atom. The number of nitrogens with zero attached hydrogens (tertiary/aromatic N) is 2. The van der Waals surface area contributed by atoms with E-state index < -0.39 is 5.54 Å². The number of rotatable bonds is 3. The topological polar surface area (TPSA) is 51.1 Å². The molecule has 28 heavy (non-hydrogen) atoms. The Morgan fingerprint density at radius 3 is 2.75 bits per heavy atom. The summed E-state index contributed by atoms with van der Waals surface area (Å²) in [5, 5.41) is 7.09. The van der Waals surface area contributed by atoms with Crippen molar-refractivity contribution < 1.29 is 14.4 Å². The standard InChI is InChI=1S/C22H26N2O3S/c1-15-14-18(20-17-7-5-4-6-16(17)8-9-19(20)28-15)23-27-21(25)22(2,3)24-10-12-26-13-11-24/h4-9,15H,10-14H2,1-3H3/b23-18+. The third kappa shape index (κ3) is 3.69. The van der Waals surface area contributed by atoms with Gasteiger partial charge in [0.1, 0.15) is 5.54 Å². The van der Waals surface area contributed by atoms with Crippen molar-refractivity contribution in [1.82, 2.24) is 4.90 Å². The highest BCUT2D eigenvalue weighted by Gasteiger charge is 2.38. The summed E-state index contributed by atoms with van der Waals surface area (Å²) in [5.41, 5.74) is 1.21. The number of carbonyl (C=O) groups is 1. The molecule has 0 radical (unpaired) electrons. The van der Waals surface area contributed by atoms with Crippen molar-refractivity contribution in [3.05, 3.63) is 42.0 Å². The van der Waals surface area contributed by atoms with Gasteiger partial charge in [0.05, 0.1) is 18.9 Å². The van der Waals surface area contributed by atoms with E-state index >= 15 is 0 Å². The molecule has 0 N–H and O–H groups in total. The van der Waals surface area contributed by atoms with E-state index in [-0.39, 0.29) is 5.97 Å². The van der Waals surface area contributed by atoms with Crippen LogP contribution in [0.2, 0.25) is 0 Å². The Balaban J connectivity index is 1.63. The predicted molar refractivity (Wildman–Crippen MR) is 113 cm³/mol. The fraction of sp³-hybridized carbons (Fsp3) is 0.455. The van der Waals surface area contributed by atoms with Gasteiger partial charge in [0.25, 0.3) is 0 Å². The quantitative estimate of drug-likeness (QED) is 0.576. The number of hydrogen-bond acceptors (Lipinski definition) is 6. The lowest BCUT2D eigenvalue weighted by Gasteiger charge is -2.37. The van der Waals surface area contributed by atoms with Crippen LogP contribution in [0.5, 0.6) is 0 Å². The Labute approximate surface area is 170 Å². The number of morpholine rings is 1. The zero-order valence-corrected chi connectivity index (χ0v) is 17.4. The maximum Gasteiger partial charge on any atom is 0.354 e. The highest BCUT2D eigenvalue weighted by atomic mass is 32.2. The lowest BCUT2D eigenvalue weighted by molar-refractivity contribution is -0.159. The van der Waals surface area contributed by atoms with Gasteiger partial charge in [-0.3, -0.25) is 4.90 Å². The Hall–Kier alpha value is -1.89. The number of benzene rings is 2. The van der Waals surface area contributed by atoms with Crippen LogP contribution >= 0.6 is 11.8 Å². The third-order valence-corrected chi connectivity index (χ3v) is 6.69. The van der Waals surface area contributed by atoms with Crippen molar-refractivity contribution in [3.8, 4) is 0 Å². The van der Waals surface area contributed by atoms with E-state index in [0.717, 1.165) is 36.2 Å². The van der Waals surface area contributed by atoms with E-state index in [1.165, 1.54) is 10.3 Å². The SMILES string of the molecule is CC1C/C(=N\OC(=O)C(C)(C)N2CCOCC2)c2c(ccc3ccccc23)S1. The minimum Gasteiger partial charge on any atom is -0.379 e. The van der Waals surface area contributed by atoms with Gasteiger partial charge in [-0.1, -0.05) is 42.4 Å². The number of oxime groups is 1. The first kappa shape index (κ1) is 19.4. The summed E-state index contributed by atoms with van der Waals surface area (Å²) < 4.78 is 5.40. The smallest absolute Gasteiger partial charge is 0.354 e. The van der Waals surface area contributed by atoms with Crippen LogP contribution in [0.4, 0.5) is 0 Å². The second-order valence-corrected chi connectivity index (χ2v) is 9.35. The number of thioether (sulfide) groups is 1. The van der Waals surface area contributed by atoms with Crippen LogP contribution in [0, 0.1) is 0 Å². The van der Waals surface area contributed by atoms with Crippen molar-refractivity contribution in [2.75, 3.05) is 26.3 Å². The number of ether oxygens (including phenoxy) is 1. The molecule has 0 spiro atoms. The van der Waals surface area contributed by atoms with Gasteiger partial charge >= 0.3 is 5.97 Å². The highest BCUT2D eigenvalue weighted by Crippen LogP contribution is 2.39. The summed E-state index contributed by atoms with van der Waals surface area (Å²) in [6.45, 7) is 8.68. The van der Waals surface area contributed by atoms with Crippen molar-refractivity contribution in [2.45, 2.75) is 42.9 Å². The molecule has 2 aromatic carbocycles. The van der Waals surface area contributed by atoms with E-state index in [0.29, 0.717) is 18.5 Å². The highest BCUT2D eigenvalue weighted by molar-refractivity contribution is 8.00. The second kappa shape index (κ2) is 7.85. The predicted octanol–water partition coefficient (Wildman–Crippen LogP) is 4.08. The van der Waals surface area contributed by atoms with Gasteiger partial charge in [0, 0.05) is 35.2 Å². The first-order valence-corrected chi connectivity index (χ1v) is 10.6. The first-order valence-electron chi connectivity index (χ1n) is 9.76. The minimum atomic E-state index is -0.732.